The Morgan fingerprint density at radius 3 is 2.50 bits per heavy atom. The van der Waals surface area contributed by atoms with E-state index in [-0.39, 0.29) is 17.2 Å². The molecule has 1 amide bonds. The van der Waals surface area contributed by atoms with Gasteiger partial charge in [-0.1, -0.05) is 32.0 Å². The van der Waals surface area contributed by atoms with Crippen LogP contribution in [0.1, 0.15) is 24.3 Å². The van der Waals surface area contributed by atoms with E-state index < -0.39 is 0 Å². The Morgan fingerprint density at radius 2 is 1.86 bits per heavy atom. The summed E-state index contributed by atoms with van der Waals surface area (Å²) in [6.07, 6.45) is 0. The summed E-state index contributed by atoms with van der Waals surface area (Å²) in [6.45, 7) is 7.43. The summed E-state index contributed by atoms with van der Waals surface area (Å²) in [5.74, 6) is -0.251. The maximum absolute atomic E-state index is 12.4. The van der Waals surface area contributed by atoms with Gasteiger partial charge in [0.25, 0.3) is 11.5 Å². The Balaban J connectivity index is 2.22. The minimum Gasteiger partial charge on any atom is -0.349 e. The second-order valence-electron chi connectivity index (χ2n) is 5.11. The molecule has 1 aromatic heterocycles. The SMILES string of the molecule is CCN(CC)CCNC(=O)c1nn(C)c(=O)c2ccccc12. The van der Waals surface area contributed by atoms with Crippen molar-refractivity contribution in [1.82, 2.24) is 20.0 Å². The molecule has 2 aromatic rings. The lowest BCUT2D eigenvalue weighted by Crippen LogP contribution is -2.36. The molecule has 0 fully saturated rings. The first-order valence-electron chi connectivity index (χ1n) is 7.55. The molecule has 0 atom stereocenters. The van der Waals surface area contributed by atoms with Crippen LogP contribution in [0, 0.1) is 0 Å². The molecule has 118 valence electrons. The van der Waals surface area contributed by atoms with Crippen molar-refractivity contribution in [3.63, 3.8) is 0 Å². The van der Waals surface area contributed by atoms with Crippen LogP contribution >= 0.6 is 0 Å². The lowest BCUT2D eigenvalue weighted by atomic mass is 10.1. The van der Waals surface area contributed by atoms with Crippen molar-refractivity contribution in [1.29, 1.82) is 0 Å². The topological polar surface area (TPSA) is 67.2 Å². The third-order valence-corrected chi connectivity index (χ3v) is 3.78. The molecule has 0 aliphatic carbocycles. The number of rotatable bonds is 6. The molecule has 2 rings (SSSR count). The summed E-state index contributed by atoms with van der Waals surface area (Å²) >= 11 is 0. The number of nitrogens with one attached hydrogen (secondary N) is 1. The molecule has 0 saturated heterocycles. The number of carbonyl (C=O) groups excluding carboxylic acids is 1. The summed E-state index contributed by atoms with van der Waals surface area (Å²) in [5.41, 5.74) is 0.0903. The predicted octanol–water partition coefficient (Wildman–Crippen LogP) is 1.01. The fourth-order valence-corrected chi connectivity index (χ4v) is 2.42. The molecule has 0 aliphatic rings. The van der Waals surface area contributed by atoms with Gasteiger partial charge < -0.3 is 10.2 Å². The van der Waals surface area contributed by atoms with E-state index in [4.69, 9.17) is 0 Å². The quantitative estimate of drug-likeness (QED) is 0.864. The monoisotopic (exact) mass is 302 g/mol. The minimum atomic E-state index is -0.251. The van der Waals surface area contributed by atoms with Crippen molar-refractivity contribution in [2.24, 2.45) is 7.05 Å². The molecule has 1 N–H and O–H groups in total. The Hall–Kier alpha value is -2.21. The molecule has 0 spiro atoms. The zero-order chi connectivity index (χ0) is 16.1. The van der Waals surface area contributed by atoms with Crippen LogP contribution in [0.2, 0.25) is 0 Å². The second-order valence-corrected chi connectivity index (χ2v) is 5.11. The molecule has 6 heteroatoms. The Bertz CT molecular complexity index is 720. The summed E-state index contributed by atoms with van der Waals surface area (Å²) in [7, 11) is 1.56. The van der Waals surface area contributed by atoms with Gasteiger partial charge in [0.2, 0.25) is 0 Å². The van der Waals surface area contributed by atoms with Gasteiger partial charge >= 0.3 is 0 Å². The number of hydrogen-bond donors (Lipinski definition) is 1. The zero-order valence-corrected chi connectivity index (χ0v) is 13.3. The van der Waals surface area contributed by atoms with Crippen molar-refractivity contribution >= 4 is 16.7 Å². The molecule has 1 aromatic carbocycles. The van der Waals surface area contributed by atoms with Crippen molar-refractivity contribution in [3.8, 4) is 0 Å². The smallest absolute Gasteiger partial charge is 0.274 e. The number of likely N-dealkylation sites (N-methyl/N-ethyl adjacent to an activating group) is 1. The number of aryl methyl sites for hydroxylation is 1. The maximum atomic E-state index is 12.4. The number of aromatic nitrogens is 2. The van der Waals surface area contributed by atoms with Crippen LogP contribution in [-0.2, 0) is 7.05 Å². The third kappa shape index (κ3) is 3.33. The minimum absolute atomic E-state index is 0.199. The van der Waals surface area contributed by atoms with E-state index in [1.165, 1.54) is 4.68 Å². The third-order valence-electron chi connectivity index (χ3n) is 3.78. The summed E-state index contributed by atoms with van der Waals surface area (Å²) in [5, 5.41) is 8.09. The molecule has 0 radical (unpaired) electrons. The van der Waals surface area contributed by atoms with Crippen LogP contribution in [0.3, 0.4) is 0 Å². The Labute approximate surface area is 129 Å². The second kappa shape index (κ2) is 7.17. The number of nitrogens with zero attached hydrogens (tertiary/aromatic N) is 3. The van der Waals surface area contributed by atoms with E-state index in [0.717, 1.165) is 19.6 Å². The molecular formula is C16H22N4O2. The van der Waals surface area contributed by atoms with Gasteiger partial charge in [0.15, 0.2) is 5.69 Å². The van der Waals surface area contributed by atoms with Gasteiger partial charge in [-0.05, 0) is 19.2 Å². The van der Waals surface area contributed by atoms with E-state index in [0.29, 0.717) is 17.3 Å². The average Bonchev–Trinajstić information content (AvgIpc) is 2.55. The predicted molar refractivity (Wildman–Crippen MR) is 87.1 cm³/mol. The lowest BCUT2D eigenvalue weighted by molar-refractivity contribution is 0.0943. The van der Waals surface area contributed by atoms with E-state index in [2.05, 4.69) is 29.2 Å². The standard InChI is InChI=1S/C16H22N4O2/c1-4-20(5-2)11-10-17-15(21)14-12-8-6-7-9-13(12)16(22)19(3)18-14/h6-9H,4-5,10-11H2,1-3H3,(H,17,21). The molecule has 0 aliphatic heterocycles. The molecule has 22 heavy (non-hydrogen) atoms. The number of carbonyl (C=O) groups is 1. The van der Waals surface area contributed by atoms with Crippen LogP contribution < -0.4 is 10.9 Å². The fourth-order valence-electron chi connectivity index (χ4n) is 2.42. The highest BCUT2D eigenvalue weighted by atomic mass is 16.2. The lowest BCUT2D eigenvalue weighted by Gasteiger charge is -2.18. The van der Waals surface area contributed by atoms with E-state index in [9.17, 15) is 9.59 Å². The summed E-state index contributed by atoms with van der Waals surface area (Å²) in [4.78, 5) is 26.6. The summed E-state index contributed by atoms with van der Waals surface area (Å²) < 4.78 is 1.21. The first kappa shape index (κ1) is 16.2. The van der Waals surface area contributed by atoms with Gasteiger partial charge in [-0.25, -0.2) is 4.68 Å². The molecule has 0 unspecified atom stereocenters. The highest BCUT2D eigenvalue weighted by molar-refractivity contribution is 6.04. The highest BCUT2D eigenvalue weighted by Crippen LogP contribution is 2.12. The first-order valence-corrected chi connectivity index (χ1v) is 7.55. The number of fused-ring (bicyclic) bond motifs is 1. The fraction of sp³-hybridized carbons (Fsp3) is 0.438. The normalized spacial score (nSPS) is 11.1. The van der Waals surface area contributed by atoms with Gasteiger partial charge in [0.05, 0.1) is 5.39 Å². The van der Waals surface area contributed by atoms with Gasteiger partial charge in [0, 0.05) is 25.5 Å². The average molecular weight is 302 g/mol. The molecule has 1 heterocycles. The Kier molecular flexibility index (Phi) is 5.27. The van der Waals surface area contributed by atoms with Crippen LogP contribution in [0.25, 0.3) is 10.8 Å². The van der Waals surface area contributed by atoms with E-state index >= 15 is 0 Å². The largest absolute Gasteiger partial charge is 0.349 e. The van der Waals surface area contributed by atoms with Crippen molar-refractivity contribution in [2.75, 3.05) is 26.2 Å². The van der Waals surface area contributed by atoms with E-state index in [1.807, 2.05) is 0 Å². The van der Waals surface area contributed by atoms with Crippen LogP contribution in [-0.4, -0.2) is 46.8 Å². The van der Waals surface area contributed by atoms with Gasteiger partial charge in [0.1, 0.15) is 0 Å². The molecular weight excluding hydrogens is 280 g/mol. The molecule has 0 bridgehead atoms. The molecule has 0 saturated carbocycles. The van der Waals surface area contributed by atoms with Crippen molar-refractivity contribution < 1.29 is 4.79 Å². The first-order chi connectivity index (χ1) is 10.6. The van der Waals surface area contributed by atoms with Gasteiger partial charge in [-0.2, -0.15) is 5.10 Å². The number of amides is 1. The van der Waals surface area contributed by atoms with Crippen LogP contribution in [0.15, 0.2) is 29.1 Å². The van der Waals surface area contributed by atoms with Crippen molar-refractivity contribution in [2.45, 2.75) is 13.8 Å². The Morgan fingerprint density at radius 1 is 1.23 bits per heavy atom. The van der Waals surface area contributed by atoms with Crippen LogP contribution in [0.5, 0.6) is 0 Å². The van der Waals surface area contributed by atoms with E-state index in [1.54, 1.807) is 31.3 Å². The number of hydrogen-bond acceptors (Lipinski definition) is 4. The van der Waals surface area contributed by atoms with Crippen molar-refractivity contribution in [3.05, 3.63) is 40.3 Å². The number of benzene rings is 1. The van der Waals surface area contributed by atoms with Crippen LogP contribution in [0.4, 0.5) is 0 Å². The maximum Gasteiger partial charge on any atom is 0.274 e. The van der Waals surface area contributed by atoms with Gasteiger partial charge in [-0.15, -0.1) is 0 Å². The molecule has 6 nitrogen and oxygen atoms in total. The highest BCUT2D eigenvalue weighted by Gasteiger charge is 2.15. The zero-order valence-electron chi connectivity index (χ0n) is 13.3. The summed E-state index contributed by atoms with van der Waals surface area (Å²) in [6, 6.07) is 7.05. The van der Waals surface area contributed by atoms with Gasteiger partial charge in [-0.3, -0.25) is 9.59 Å².